The fourth-order valence-corrected chi connectivity index (χ4v) is 1.66. The quantitative estimate of drug-likeness (QED) is 0.699. The minimum absolute atomic E-state index is 0.0915. The maximum absolute atomic E-state index is 10.4. The minimum Gasteiger partial charge on any atom is -0.480 e. The standard InChI is InChI=1S/C9H17NO3/c1-7-3-4-8(13-7)5-10(2)6-9(11)12/h7-8H,3-6H2,1-2H3,(H,11,12). The third-order valence-electron chi connectivity index (χ3n) is 2.24. The van der Waals surface area contributed by atoms with Crippen LogP contribution in [0.5, 0.6) is 0 Å². The van der Waals surface area contributed by atoms with Crippen LogP contribution in [0.15, 0.2) is 0 Å². The van der Waals surface area contributed by atoms with Gasteiger partial charge in [0.1, 0.15) is 0 Å². The first-order valence-electron chi connectivity index (χ1n) is 4.63. The number of carbonyl (C=O) groups is 1. The highest BCUT2D eigenvalue weighted by atomic mass is 16.5. The number of hydrogen-bond acceptors (Lipinski definition) is 3. The molecule has 1 aliphatic rings. The van der Waals surface area contributed by atoms with Gasteiger partial charge in [-0.2, -0.15) is 0 Å². The normalized spacial score (nSPS) is 28.2. The van der Waals surface area contributed by atoms with Crippen LogP contribution in [0.25, 0.3) is 0 Å². The van der Waals surface area contributed by atoms with Crippen molar-refractivity contribution >= 4 is 5.97 Å². The summed E-state index contributed by atoms with van der Waals surface area (Å²) in [5.74, 6) is -0.784. The molecule has 1 rings (SSSR count). The van der Waals surface area contributed by atoms with Gasteiger partial charge in [-0.15, -0.1) is 0 Å². The molecule has 1 fully saturated rings. The Kier molecular flexibility index (Phi) is 3.69. The minimum atomic E-state index is -0.784. The smallest absolute Gasteiger partial charge is 0.317 e. The lowest BCUT2D eigenvalue weighted by molar-refractivity contribution is -0.138. The number of hydrogen-bond donors (Lipinski definition) is 1. The zero-order valence-corrected chi connectivity index (χ0v) is 8.19. The van der Waals surface area contributed by atoms with Crippen molar-refractivity contribution in [3.8, 4) is 0 Å². The Morgan fingerprint density at radius 2 is 2.31 bits per heavy atom. The second kappa shape index (κ2) is 4.58. The molecule has 4 nitrogen and oxygen atoms in total. The van der Waals surface area contributed by atoms with Crippen molar-refractivity contribution in [3.63, 3.8) is 0 Å². The maximum Gasteiger partial charge on any atom is 0.317 e. The van der Waals surface area contributed by atoms with Crippen LogP contribution in [0.1, 0.15) is 19.8 Å². The highest BCUT2D eigenvalue weighted by molar-refractivity contribution is 5.68. The Hall–Kier alpha value is -0.610. The van der Waals surface area contributed by atoms with Gasteiger partial charge in [0.05, 0.1) is 18.8 Å². The van der Waals surface area contributed by atoms with Crippen LogP contribution >= 0.6 is 0 Å². The molecule has 1 saturated heterocycles. The maximum atomic E-state index is 10.4. The van der Waals surface area contributed by atoms with E-state index in [0.717, 1.165) is 19.4 Å². The van der Waals surface area contributed by atoms with Crippen molar-refractivity contribution in [2.45, 2.75) is 32.0 Å². The molecule has 0 aliphatic carbocycles. The van der Waals surface area contributed by atoms with Crippen molar-refractivity contribution in [1.82, 2.24) is 4.90 Å². The zero-order valence-electron chi connectivity index (χ0n) is 8.19. The van der Waals surface area contributed by atoms with Gasteiger partial charge in [0, 0.05) is 6.54 Å². The largest absolute Gasteiger partial charge is 0.480 e. The third-order valence-corrected chi connectivity index (χ3v) is 2.24. The van der Waals surface area contributed by atoms with E-state index in [1.165, 1.54) is 0 Å². The molecule has 76 valence electrons. The van der Waals surface area contributed by atoms with E-state index >= 15 is 0 Å². The van der Waals surface area contributed by atoms with E-state index in [9.17, 15) is 4.79 Å². The van der Waals surface area contributed by atoms with E-state index in [1.807, 2.05) is 0 Å². The first kappa shape index (κ1) is 10.5. The Balaban J connectivity index is 2.20. The summed E-state index contributed by atoms with van der Waals surface area (Å²) in [5.41, 5.74) is 0. The summed E-state index contributed by atoms with van der Waals surface area (Å²) >= 11 is 0. The summed E-state index contributed by atoms with van der Waals surface area (Å²) in [5, 5.41) is 8.53. The Morgan fingerprint density at radius 1 is 1.62 bits per heavy atom. The molecule has 0 aromatic carbocycles. The summed E-state index contributed by atoms with van der Waals surface area (Å²) in [6.07, 6.45) is 2.69. The van der Waals surface area contributed by atoms with Gasteiger partial charge in [0.2, 0.25) is 0 Å². The van der Waals surface area contributed by atoms with Gasteiger partial charge in [-0.1, -0.05) is 0 Å². The molecule has 0 aromatic heterocycles. The molecular weight excluding hydrogens is 170 g/mol. The number of nitrogens with zero attached hydrogens (tertiary/aromatic N) is 1. The molecule has 0 bridgehead atoms. The van der Waals surface area contributed by atoms with Gasteiger partial charge in [-0.25, -0.2) is 0 Å². The summed E-state index contributed by atoms with van der Waals surface area (Å²) in [6.45, 7) is 2.86. The van der Waals surface area contributed by atoms with Crippen molar-refractivity contribution in [2.24, 2.45) is 0 Å². The zero-order chi connectivity index (χ0) is 9.84. The van der Waals surface area contributed by atoms with Crippen LogP contribution in [0.3, 0.4) is 0 Å². The number of rotatable bonds is 4. The number of ether oxygens (including phenoxy) is 1. The van der Waals surface area contributed by atoms with Crippen LogP contribution in [0.4, 0.5) is 0 Å². The van der Waals surface area contributed by atoms with Gasteiger partial charge in [0.15, 0.2) is 0 Å². The van der Waals surface area contributed by atoms with Crippen molar-refractivity contribution in [2.75, 3.05) is 20.1 Å². The average Bonchev–Trinajstić information content (AvgIpc) is 2.33. The molecule has 13 heavy (non-hydrogen) atoms. The number of carboxylic acid groups (broad SMARTS) is 1. The first-order valence-corrected chi connectivity index (χ1v) is 4.63. The second-order valence-electron chi connectivity index (χ2n) is 3.74. The number of carboxylic acids is 1. The predicted octanol–water partition coefficient (Wildman–Crippen LogP) is 0.570. The van der Waals surface area contributed by atoms with Crippen molar-refractivity contribution in [1.29, 1.82) is 0 Å². The fourth-order valence-electron chi connectivity index (χ4n) is 1.66. The highest BCUT2D eigenvalue weighted by Crippen LogP contribution is 2.19. The first-order chi connectivity index (χ1) is 6.08. The molecule has 4 heteroatoms. The Morgan fingerprint density at radius 3 is 2.77 bits per heavy atom. The lowest BCUT2D eigenvalue weighted by Gasteiger charge is -2.18. The van der Waals surface area contributed by atoms with Crippen LogP contribution in [0.2, 0.25) is 0 Å². The lowest BCUT2D eigenvalue weighted by atomic mass is 10.2. The summed E-state index contributed by atoms with van der Waals surface area (Å²) < 4.78 is 5.58. The Labute approximate surface area is 78.5 Å². The summed E-state index contributed by atoms with van der Waals surface area (Å²) in [4.78, 5) is 12.1. The molecule has 2 unspecified atom stereocenters. The molecule has 2 atom stereocenters. The summed E-state index contributed by atoms with van der Waals surface area (Å²) in [6, 6.07) is 0. The van der Waals surface area contributed by atoms with E-state index in [4.69, 9.17) is 9.84 Å². The number of likely N-dealkylation sites (N-methyl/N-ethyl adjacent to an activating group) is 1. The monoisotopic (exact) mass is 187 g/mol. The Bertz CT molecular complexity index is 184. The van der Waals surface area contributed by atoms with Crippen LogP contribution in [0, 0.1) is 0 Å². The molecule has 0 amide bonds. The van der Waals surface area contributed by atoms with E-state index in [-0.39, 0.29) is 12.6 Å². The highest BCUT2D eigenvalue weighted by Gasteiger charge is 2.23. The van der Waals surface area contributed by atoms with E-state index < -0.39 is 5.97 Å². The summed E-state index contributed by atoms with van der Waals surface area (Å²) in [7, 11) is 1.81. The van der Waals surface area contributed by atoms with Crippen LogP contribution in [-0.2, 0) is 9.53 Å². The van der Waals surface area contributed by atoms with Gasteiger partial charge in [-0.3, -0.25) is 9.69 Å². The SMILES string of the molecule is CC1CCC(CN(C)CC(=O)O)O1. The van der Waals surface area contributed by atoms with Crippen molar-refractivity contribution < 1.29 is 14.6 Å². The van der Waals surface area contributed by atoms with Crippen molar-refractivity contribution in [3.05, 3.63) is 0 Å². The second-order valence-corrected chi connectivity index (χ2v) is 3.74. The van der Waals surface area contributed by atoms with Gasteiger partial charge < -0.3 is 9.84 Å². The average molecular weight is 187 g/mol. The molecule has 0 aromatic rings. The molecule has 1 aliphatic heterocycles. The molecule has 1 N–H and O–H groups in total. The molecule has 0 spiro atoms. The van der Waals surface area contributed by atoms with Gasteiger partial charge >= 0.3 is 5.97 Å². The van der Waals surface area contributed by atoms with E-state index in [0.29, 0.717) is 6.10 Å². The fraction of sp³-hybridized carbons (Fsp3) is 0.889. The molecule has 1 heterocycles. The van der Waals surface area contributed by atoms with E-state index in [1.54, 1.807) is 11.9 Å². The lowest BCUT2D eigenvalue weighted by Crippen LogP contribution is -2.33. The molecule has 0 radical (unpaired) electrons. The van der Waals surface area contributed by atoms with E-state index in [2.05, 4.69) is 6.92 Å². The molecule has 0 saturated carbocycles. The molecular formula is C9H17NO3. The number of aliphatic carboxylic acids is 1. The topological polar surface area (TPSA) is 49.8 Å². The van der Waals surface area contributed by atoms with Crippen LogP contribution < -0.4 is 0 Å². The van der Waals surface area contributed by atoms with Gasteiger partial charge in [0.25, 0.3) is 0 Å². The van der Waals surface area contributed by atoms with Gasteiger partial charge in [-0.05, 0) is 26.8 Å². The predicted molar refractivity (Wildman–Crippen MR) is 48.7 cm³/mol. The third kappa shape index (κ3) is 3.74. The van der Waals surface area contributed by atoms with Crippen LogP contribution in [-0.4, -0.2) is 48.3 Å².